The summed E-state index contributed by atoms with van der Waals surface area (Å²) in [7, 11) is 0. The number of hydrogen-bond donors (Lipinski definition) is 2. The Morgan fingerprint density at radius 3 is 2.37 bits per heavy atom. The molecule has 0 saturated carbocycles. The van der Waals surface area contributed by atoms with Gasteiger partial charge in [0.1, 0.15) is 5.82 Å². The van der Waals surface area contributed by atoms with E-state index in [9.17, 15) is 9.59 Å². The van der Waals surface area contributed by atoms with Crippen LogP contribution in [0, 0.1) is 6.92 Å². The molecule has 7 heteroatoms. The van der Waals surface area contributed by atoms with Crippen LogP contribution < -0.4 is 10.4 Å². The van der Waals surface area contributed by atoms with Crippen molar-refractivity contribution in [3.8, 4) is 22.5 Å². The van der Waals surface area contributed by atoms with Gasteiger partial charge in [0.2, 0.25) is 0 Å². The van der Waals surface area contributed by atoms with Crippen LogP contribution in [0.15, 0.2) is 64.3 Å². The highest BCUT2D eigenvalue weighted by Crippen LogP contribution is 2.30. The van der Waals surface area contributed by atoms with Gasteiger partial charge in [-0.2, -0.15) is 4.37 Å². The lowest BCUT2D eigenvalue weighted by molar-refractivity contribution is 0.966. The molecule has 0 atom stereocenters. The van der Waals surface area contributed by atoms with E-state index in [0.29, 0.717) is 23.6 Å². The van der Waals surface area contributed by atoms with Crippen molar-refractivity contribution in [2.75, 3.05) is 0 Å². The van der Waals surface area contributed by atoms with Gasteiger partial charge in [0.15, 0.2) is 5.82 Å². The number of rotatable bonds is 4. The fourth-order valence-corrected chi connectivity index (χ4v) is 3.41. The maximum absolute atomic E-state index is 12.0. The largest absolute Gasteiger partial charge is 0.323 e. The average Bonchev–Trinajstić information content (AvgIpc) is 3.11. The van der Waals surface area contributed by atoms with Crippen LogP contribution in [-0.4, -0.2) is 19.3 Å². The highest BCUT2D eigenvalue weighted by molar-refractivity contribution is 7.03. The second-order valence-electron chi connectivity index (χ2n) is 6.19. The SMILES string of the molecule is Cc1ncc(Cc2ccc(-c3ccccc3-c3nsc(=O)[nH]3)cc2)c(=O)[nH]1. The lowest BCUT2D eigenvalue weighted by Crippen LogP contribution is -2.14. The molecule has 0 aliphatic heterocycles. The molecular weight excluding hydrogens is 360 g/mol. The van der Waals surface area contributed by atoms with Gasteiger partial charge in [-0.05, 0) is 23.6 Å². The smallest absolute Gasteiger partial charge is 0.311 e. The first-order valence-electron chi connectivity index (χ1n) is 8.39. The third kappa shape index (κ3) is 3.63. The molecule has 0 aliphatic carbocycles. The zero-order chi connectivity index (χ0) is 18.8. The molecule has 0 bridgehead atoms. The zero-order valence-corrected chi connectivity index (χ0v) is 15.3. The molecule has 0 spiro atoms. The molecular formula is C20H16N4O2S. The summed E-state index contributed by atoms with van der Waals surface area (Å²) in [6.45, 7) is 1.76. The number of benzene rings is 2. The van der Waals surface area contributed by atoms with Gasteiger partial charge >= 0.3 is 4.87 Å². The molecule has 6 nitrogen and oxygen atoms in total. The lowest BCUT2D eigenvalue weighted by atomic mass is 9.97. The van der Waals surface area contributed by atoms with Crippen molar-refractivity contribution in [2.45, 2.75) is 13.3 Å². The van der Waals surface area contributed by atoms with Gasteiger partial charge in [-0.15, -0.1) is 0 Å². The Hall–Kier alpha value is -3.32. The third-order valence-corrected chi connectivity index (χ3v) is 4.82. The third-order valence-electron chi connectivity index (χ3n) is 4.28. The van der Waals surface area contributed by atoms with Crippen LogP contribution in [0.3, 0.4) is 0 Å². The van der Waals surface area contributed by atoms with Gasteiger partial charge in [0.05, 0.1) is 0 Å². The number of aryl methyl sites for hydroxylation is 1. The standard InChI is InChI=1S/C20H16N4O2S/c1-12-21-11-15(19(25)22-12)10-13-6-8-14(9-7-13)16-4-2-3-5-17(16)18-23-20(26)27-24-18/h2-9,11H,10H2,1H3,(H,21,22,25)(H,23,24,26). The quantitative estimate of drug-likeness (QED) is 0.572. The van der Waals surface area contributed by atoms with E-state index in [1.165, 1.54) is 0 Å². The second kappa shape index (κ2) is 7.13. The fraction of sp³-hybridized carbons (Fsp3) is 0.100. The minimum atomic E-state index is -0.174. The summed E-state index contributed by atoms with van der Waals surface area (Å²) < 4.78 is 4.19. The number of hydrogen-bond acceptors (Lipinski definition) is 5. The van der Waals surface area contributed by atoms with Crippen LogP contribution in [0.5, 0.6) is 0 Å². The van der Waals surface area contributed by atoms with Crippen molar-refractivity contribution in [1.29, 1.82) is 0 Å². The minimum absolute atomic E-state index is 0.107. The van der Waals surface area contributed by atoms with Crippen LogP contribution in [0.2, 0.25) is 0 Å². The number of H-pyrrole nitrogens is 2. The molecule has 0 fully saturated rings. The molecule has 0 unspecified atom stereocenters. The molecule has 0 aliphatic rings. The van der Waals surface area contributed by atoms with Crippen molar-refractivity contribution >= 4 is 11.5 Å². The van der Waals surface area contributed by atoms with E-state index >= 15 is 0 Å². The van der Waals surface area contributed by atoms with Crippen LogP contribution in [0.4, 0.5) is 0 Å². The zero-order valence-electron chi connectivity index (χ0n) is 14.5. The summed E-state index contributed by atoms with van der Waals surface area (Å²) in [6.07, 6.45) is 2.14. The van der Waals surface area contributed by atoms with Gasteiger partial charge in [-0.1, -0.05) is 48.5 Å². The highest BCUT2D eigenvalue weighted by Gasteiger charge is 2.10. The van der Waals surface area contributed by atoms with E-state index in [1.54, 1.807) is 13.1 Å². The molecule has 2 N–H and O–H groups in total. The summed E-state index contributed by atoms with van der Waals surface area (Å²) in [5.74, 6) is 1.18. The molecule has 2 aromatic carbocycles. The summed E-state index contributed by atoms with van der Waals surface area (Å²) in [4.78, 5) is 32.9. The summed E-state index contributed by atoms with van der Waals surface area (Å²) in [6, 6.07) is 15.8. The molecule has 4 aromatic rings. The molecule has 4 rings (SSSR count). The highest BCUT2D eigenvalue weighted by atomic mass is 32.1. The number of nitrogens with zero attached hydrogens (tertiary/aromatic N) is 2. The lowest BCUT2D eigenvalue weighted by Gasteiger charge is -2.08. The molecule has 2 heterocycles. The van der Waals surface area contributed by atoms with Gasteiger partial charge in [-0.3, -0.25) is 14.6 Å². The molecule has 27 heavy (non-hydrogen) atoms. The Morgan fingerprint density at radius 2 is 1.70 bits per heavy atom. The Morgan fingerprint density at radius 1 is 0.963 bits per heavy atom. The average molecular weight is 376 g/mol. The van der Waals surface area contributed by atoms with Crippen molar-refractivity contribution < 1.29 is 0 Å². The fourth-order valence-electron chi connectivity index (χ4n) is 2.95. The first kappa shape index (κ1) is 17.1. The first-order chi connectivity index (χ1) is 13.1. The van der Waals surface area contributed by atoms with Crippen LogP contribution in [0.25, 0.3) is 22.5 Å². The Kier molecular flexibility index (Phi) is 4.52. The first-order valence-corrected chi connectivity index (χ1v) is 9.17. The minimum Gasteiger partial charge on any atom is -0.311 e. The maximum atomic E-state index is 12.0. The predicted molar refractivity (Wildman–Crippen MR) is 106 cm³/mol. The topological polar surface area (TPSA) is 91.5 Å². The van der Waals surface area contributed by atoms with Gasteiger partial charge < -0.3 is 4.98 Å². The Labute approximate surface area is 158 Å². The van der Waals surface area contributed by atoms with Gasteiger partial charge in [0.25, 0.3) is 5.56 Å². The number of aromatic amines is 2. The van der Waals surface area contributed by atoms with E-state index < -0.39 is 0 Å². The van der Waals surface area contributed by atoms with Gasteiger partial charge in [-0.25, -0.2) is 4.98 Å². The second-order valence-corrected chi connectivity index (χ2v) is 6.92. The van der Waals surface area contributed by atoms with E-state index in [2.05, 4.69) is 19.3 Å². The van der Waals surface area contributed by atoms with Gasteiger partial charge in [0, 0.05) is 35.3 Å². The van der Waals surface area contributed by atoms with E-state index in [-0.39, 0.29) is 10.4 Å². The summed E-state index contributed by atoms with van der Waals surface area (Å²) in [5.41, 5.74) is 4.43. The van der Waals surface area contributed by atoms with Crippen molar-refractivity contribution in [2.24, 2.45) is 0 Å². The maximum Gasteiger partial charge on any atom is 0.323 e. The van der Waals surface area contributed by atoms with Crippen LogP contribution in [-0.2, 0) is 6.42 Å². The molecule has 0 radical (unpaired) electrons. The van der Waals surface area contributed by atoms with Crippen LogP contribution >= 0.6 is 11.5 Å². The number of nitrogens with one attached hydrogen (secondary N) is 2. The van der Waals surface area contributed by atoms with Crippen molar-refractivity contribution in [1.82, 2.24) is 19.3 Å². The summed E-state index contributed by atoms with van der Waals surface area (Å²) in [5, 5.41) is 0. The Balaban J connectivity index is 1.65. The summed E-state index contributed by atoms with van der Waals surface area (Å²) >= 11 is 0.910. The van der Waals surface area contributed by atoms with E-state index in [1.807, 2.05) is 48.5 Å². The van der Waals surface area contributed by atoms with E-state index in [4.69, 9.17) is 0 Å². The predicted octanol–water partition coefficient (Wildman–Crippen LogP) is 3.15. The van der Waals surface area contributed by atoms with Crippen molar-refractivity contribution in [3.63, 3.8) is 0 Å². The van der Waals surface area contributed by atoms with E-state index in [0.717, 1.165) is 33.8 Å². The normalized spacial score (nSPS) is 10.9. The Bertz CT molecular complexity index is 1210. The van der Waals surface area contributed by atoms with Crippen molar-refractivity contribution in [3.05, 3.63) is 91.7 Å². The number of aromatic nitrogens is 4. The molecule has 2 aromatic heterocycles. The molecule has 0 saturated heterocycles. The molecule has 134 valence electrons. The monoisotopic (exact) mass is 376 g/mol. The van der Waals surface area contributed by atoms with Crippen LogP contribution in [0.1, 0.15) is 17.0 Å². The molecule has 0 amide bonds.